The predicted molar refractivity (Wildman–Crippen MR) is 140 cm³/mol. The van der Waals surface area contributed by atoms with Crippen LogP contribution in [-0.2, 0) is 19.7 Å². The highest BCUT2D eigenvalue weighted by molar-refractivity contribution is 6.09. The monoisotopic (exact) mass is 519 g/mol. The third-order valence-corrected chi connectivity index (χ3v) is 11.8. The highest BCUT2D eigenvalue weighted by atomic mass is 16.5. The Morgan fingerprint density at radius 1 is 1.11 bits per heavy atom. The van der Waals surface area contributed by atoms with Crippen molar-refractivity contribution in [2.45, 2.75) is 81.6 Å². The molecule has 8 heteroatoms. The molecule has 1 aromatic carbocycles. The summed E-state index contributed by atoms with van der Waals surface area (Å²) in [6.07, 6.45) is 6.94. The summed E-state index contributed by atoms with van der Waals surface area (Å²) in [4.78, 5) is 33.1. The van der Waals surface area contributed by atoms with Crippen LogP contribution in [-0.4, -0.2) is 71.1 Å². The molecular weight excluding hydrogens is 482 g/mol. The van der Waals surface area contributed by atoms with E-state index in [2.05, 4.69) is 30.1 Å². The Labute approximate surface area is 223 Å². The zero-order valence-electron chi connectivity index (χ0n) is 22.9. The largest absolute Gasteiger partial charge is 0.480 e. The first kappa shape index (κ1) is 23.3. The Morgan fingerprint density at radius 2 is 1.92 bits per heavy atom. The molecule has 2 unspecified atom stereocenters. The molecule has 0 aromatic heterocycles. The fourth-order valence-corrected chi connectivity index (χ4v) is 9.93. The van der Waals surface area contributed by atoms with Crippen molar-refractivity contribution < 1.29 is 23.8 Å². The lowest BCUT2D eigenvalue weighted by Gasteiger charge is -2.68. The molecule has 7 heterocycles. The number of fused-ring (bicyclic) bond motifs is 6. The van der Waals surface area contributed by atoms with Gasteiger partial charge in [0.05, 0.1) is 29.0 Å². The smallest absolute Gasteiger partial charge is 0.246 e. The van der Waals surface area contributed by atoms with Crippen LogP contribution in [0.3, 0.4) is 0 Å². The standard InChI is InChI=1S/C30H37N3O5/c1-26(2)10-13-36-22-19(38-26)7-6-18-21(22)31-24(34)29(18)15-28-16-33-11-8-17-9-12-37-23(17)30(33,25(35)32(28)5)14-20(28)27(29,3)4/h6-7,10,13,17,20,23H,8-9,11-12,14-16H2,1-5H3,(H,31,34)/t17?,20-,23?,28-,29+,30-/m0/s1. The molecule has 1 aliphatic carbocycles. The van der Waals surface area contributed by atoms with Crippen molar-refractivity contribution >= 4 is 17.5 Å². The molecule has 5 saturated heterocycles. The van der Waals surface area contributed by atoms with Gasteiger partial charge in [0.2, 0.25) is 11.8 Å². The Bertz CT molecular complexity index is 1340. The van der Waals surface area contributed by atoms with Crippen LogP contribution in [0, 0.1) is 17.3 Å². The molecule has 7 aliphatic heterocycles. The van der Waals surface area contributed by atoms with Crippen molar-refractivity contribution in [3.05, 3.63) is 30.0 Å². The maximum absolute atomic E-state index is 14.3. The van der Waals surface area contributed by atoms with Gasteiger partial charge in [-0.3, -0.25) is 14.5 Å². The molecule has 6 atom stereocenters. The summed E-state index contributed by atoms with van der Waals surface area (Å²) >= 11 is 0. The van der Waals surface area contributed by atoms with E-state index >= 15 is 0 Å². The molecule has 1 N–H and O–H groups in total. The van der Waals surface area contributed by atoms with Gasteiger partial charge in [0, 0.05) is 20.2 Å². The summed E-state index contributed by atoms with van der Waals surface area (Å²) in [5.41, 5.74) is -1.09. The summed E-state index contributed by atoms with van der Waals surface area (Å²) in [6, 6.07) is 4.01. The normalized spacial score (nSPS) is 43.0. The highest BCUT2D eigenvalue weighted by Gasteiger charge is 2.80. The average Bonchev–Trinajstić information content (AvgIpc) is 3.47. The van der Waals surface area contributed by atoms with E-state index in [4.69, 9.17) is 14.2 Å². The number of rotatable bonds is 0. The minimum atomic E-state index is -0.790. The number of hydrogen-bond acceptors (Lipinski definition) is 6. The lowest BCUT2D eigenvalue weighted by atomic mass is 9.55. The second kappa shape index (κ2) is 6.76. The number of piperidine rings is 3. The Morgan fingerprint density at radius 3 is 2.74 bits per heavy atom. The number of ether oxygens (including phenoxy) is 3. The first-order chi connectivity index (χ1) is 18.0. The van der Waals surface area contributed by atoms with E-state index in [1.165, 1.54) is 0 Å². The zero-order valence-corrected chi connectivity index (χ0v) is 22.9. The molecule has 1 aromatic rings. The van der Waals surface area contributed by atoms with E-state index in [0.717, 1.165) is 44.5 Å². The number of carbonyl (C=O) groups excluding carboxylic acids is 2. The molecule has 8 aliphatic rings. The fraction of sp³-hybridized carbons (Fsp3) is 0.667. The topological polar surface area (TPSA) is 80.3 Å². The van der Waals surface area contributed by atoms with Gasteiger partial charge in [-0.25, -0.2) is 0 Å². The summed E-state index contributed by atoms with van der Waals surface area (Å²) in [7, 11) is 1.98. The van der Waals surface area contributed by atoms with E-state index in [-0.39, 0.29) is 23.8 Å². The molecule has 3 spiro atoms. The number of amides is 2. The minimum Gasteiger partial charge on any atom is -0.480 e. The van der Waals surface area contributed by atoms with Crippen molar-refractivity contribution in [1.82, 2.24) is 9.80 Å². The molecule has 6 fully saturated rings. The average molecular weight is 520 g/mol. The van der Waals surface area contributed by atoms with E-state index in [1.807, 2.05) is 37.9 Å². The van der Waals surface area contributed by atoms with Crippen molar-refractivity contribution in [2.24, 2.45) is 17.3 Å². The molecular formula is C30H37N3O5. The van der Waals surface area contributed by atoms with Gasteiger partial charge in [-0.1, -0.05) is 19.9 Å². The molecule has 1 saturated carbocycles. The number of benzene rings is 1. The minimum absolute atomic E-state index is 0.000487. The number of likely N-dealkylation sites (N-methyl/N-ethyl adjacent to an activating group) is 1. The Kier molecular flexibility index (Phi) is 4.15. The first-order valence-electron chi connectivity index (χ1n) is 14.2. The van der Waals surface area contributed by atoms with Crippen molar-refractivity contribution in [2.75, 3.05) is 32.1 Å². The van der Waals surface area contributed by atoms with Crippen LogP contribution in [0.5, 0.6) is 11.5 Å². The quantitative estimate of drug-likeness (QED) is 0.566. The third-order valence-electron chi connectivity index (χ3n) is 11.8. The number of anilines is 1. The van der Waals surface area contributed by atoms with Crippen LogP contribution < -0.4 is 14.8 Å². The van der Waals surface area contributed by atoms with Gasteiger partial charge in [-0.15, -0.1) is 0 Å². The number of piperazine rings is 1. The molecule has 0 radical (unpaired) electrons. The first-order valence-corrected chi connectivity index (χ1v) is 14.2. The summed E-state index contributed by atoms with van der Waals surface area (Å²) in [5, 5.41) is 3.24. The molecule has 8 nitrogen and oxygen atoms in total. The summed E-state index contributed by atoms with van der Waals surface area (Å²) < 4.78 is 18.7. The third kappa shape index (κ3) is 2.34. The lowest BCUT2D eigenvalue weighted by molar-refractivity contribution is -0.220. The van der Waals surface area contributed by atoms with Gasteiger partial charge in [-0.05, 0) is 81.0 Å². The fourth-order valence-electron chi connectivity index (χ4n) is 9.93. The molecule has 2 amide bonds. The van der Waals surface area contributed by atoms with Crippen LogP contribution in [0.4, 0.5) is 5.69 Å². The lowest BCUT2D eigenvalue weighted by Crippen LogP contribution is -2.84. The number of nitrogens with zero attached hydrogens (tertiary/aromatic N) is 2. The van der Waals surface area contributed by atoms with Gasteiger partial charge < -0.3 is 24.4 Å². The van der Waals surface area contributed by atoms with Crippen molar-refractivity contribution in [1.29, 1.82) is 0 Å². The van der Waals surface area contributed by atoms with Crippen molar-refractivity contribution in [3.8, 4) is 11.5 Å². The van der Waals surface area contributed by atoms with Crippen LogP contribution in [0.15, 0.2) is 24.5 Å². The maximum atomic E-state index is 14.3. The molecule has 38 heavy (non-hydrogen) atoms. The second-order valence-electron chi connectivity index (χ2n) is 13.9. The highest BCUT2D eigenvalue weighted by Crippen LogP contribution is 2.72. The Balaban J connectivity index is 1.30. The van der Waals surface area contributed by atoms with E-state index in [0.29, 0.717) is 29.5 Å². The van der Waals surface area contributed by atoms with Crippen molar-refractivity contribution in [3.63, 3.8) is 0 Å². The van der Waals surface area contributed by atoms with Gasteiger partial charge in [0.15, 0.2) is 11.5 Å². The Hall–Kier alpha value is -2.58. The van der Waals surface area contributed by atoms with E-state index in [9.17, 15) is 9.59 Å². The van der Waals surface area contributed by atoms with Gasteiger partial charge in [-0.2, -0.15) is 0 Å². The number of nitrogens with one attached hydrogen (secondary N) is 1. The van der Waals surface area contributed by atoms with Crippen LogP contribution in [0.25, 0.3) is 0 Å². The SMILES string of the molecule is CN1C(=O)[C@@]23C[C@H]4C(C)(C)[C@@]5(C[C@]41CN2CCC1CCOC13)C(=O)Nc1c5ccc2c1OC=CC(C)(C)O2. The zero-order chi connectivity index (χ0) is 26.5. The summed E-state index contributed by atoms with van der Waals surface area (Å²) in [5.74, 6) is 1.96. The van der Waals surface area contributed by atoms with E-state index < -0.39 is 27.5 Å². The second-order valence-corrected chi connectivity index (χ2v) is 13.9. The van der Waals surface area contributed by atoms with Gasteiger partial charge in [0.25, 0.3) is 0 Å². The number of hydrogen-bond donors (Lipinski definition) is 1. The van der Waals surface area contributed by atoms with Gasteiger partial charge in [0.1, 0.15) is 11.1 Å². The summed E-state index contributed by atoms with van der Waals surface area (Å²) in [6.45, 7) is 10.9. The molecule has 2 bridgehead atoms. The number of carbonyl (C=O) groups is 2. The van der Waals surface area contributed by atoms with Crippen LogP contribution in [0.2, 0.25) is 0 Å². The van der Waals surface area contributed by atoms with Crippen LogP contribution in [0.1, 0.15) is 58.9 Å². The predicted octanol–water partition coefficient (Wildman–Crippen LogP) is 3.45. The van der Waals surface area contributed by atoms with Gasteiger partial charge >= 0.3 is 0 Å². The van der Waals surface area contributed by atoms with Crippen LogP contribution >= 0.6 is 0 Å². The maximum Gasteiger partial charge on any atom is 0.246 e. The van der Waals surface area contributed by atoms with E-state index in [1.54, 1.807) is 6.26 Å². The molecule has 9 rings (SSSR count). The molecule has 202 valence electrons.